The third-order valence-electron chi connectivity index (χ3n) is 3.59. The zero-order valence-electron chi connectivity index (χ0n) is 13.5. The first-order chi connectivity index (χ1) is 9.35. The summed E-state index contributed by atoms with van der Waals surface area (Å²) >= 11 is 1.89. The number of nitrogens with zero attached hydrogens (tertiary/aromatic N) is 1. The van der Waals surface area contributed by atoms with Gasteiger partial charge in [-0.3, -0.25) is 0 Å². The monoisotopic (exact) mass is 296 g/mol. The van der Waals surface area contributed by atoms with Gasteiger partial charge in [0.05, 0.1) is 10.7 Å². The average molecular weight is 296 g/mol. The summed E-state index contributed by atoms with van der Waals surface area (Å²) in [5.74, 6) is 1.17. The van der Waals surface area contributed by atoms with E-state index >= 15 is 0 Å². The summed E-state index contributed by atoms with van der Waals surface area (Å²) in [4.78, 5) is 6.30. The van der Waals surface area contributed by atoms with Crippen LogP contribution in [0, 0.1) is 5.92 Å². The second-order valence-corrected chi connectivity index (χ2v) is 8.28. The second-order valence-electron chi connectivity index (χ2n) is 7.11. The fourth-order valence-corrected chi connectivity index (χ4v) is 3.69. The molecule has 1 aliphatic rings. The van der Waals surface area contributed by atoms with E-state index in [0.717, 1.165) is 26.2 Å². The van der Waals surface area contributed by atoms with Gasteiger partial charge in [-0.15, -0.1) is 11.3 Å². The molecule has 0 bridgehead atoms. The lowest BCUT2D eigenvalue weighted by Gasteiger charge is -2.20. The van der Waals surface area contributed by atoms with Crippen LogP contribution >= 0.6 is 11.3 Å². The molecule has 3 nitrogen and oxygen atoms in total. The first-order valence-corrected chi connectivity index (χ1v) is 8.48. The molecule has 1 N–H and O–H groups in total. The molecule has 1 aromatic rings. The zero-order valence-corrected chi connectivity index (χ0v) is 14.3. The van der Waals surface area contributed by atoms with Crippen molar-refractivity contribution in [2.24, 2.45) is 5.92 Å². The fraction of sp³-hybridized carbons (Fsp3) is 0.812. The van der Waals surface area contributed by atoms with E-state index in [2.05, 4.69) is 39.9 Å². The van der Waals surface area contributed by atoms with Gasteiger partial charge in [-0.25, -0.2) is 4.98 Å². The Balaban J connectivity index is 2.06. The molecular weight excluding hydrogens is 268 g/mol. The van der Waals surface area contributed by atoms with Gasteiger partial charge < -0.3 is 10.1 Å². The van der Waals surface area contributed by atoms with Gasteiger partial charge in [0.1, 0.15) is 0 Å². The van der Waals surface area contributed by atoms with Gasteiger partial charge in [0.2, 0.25) is 0 Å². The molecular formula is C16H28N2OS. The van der Waals surface area contributed by atoms with Gasteiger partial charge >= 0.3 is 0 Å². The maximum absolute atomic E-state index is 5.47. The molecule has 2 rings (SSSR count). The molecule has 2 heterocycles. The average Bonchev–Trinajstić information content (AvgIpc) is 2.95. The largest absolute Gasteiger partial charge is 0.381 e. The highest BCUT2D eigenvalue weighted by Crippen LogP contribution is 2.28. The molecule has 1 saturated heterocycles. The van der Waals surface area contributed by atoms with Gasteiger partial charge in [-0.1, -0.05) is 13.8 Å². The summed E-state index contributed by atoms with van der Waals surface area (Å²) in [6, 6.07) is 0. The van der Waals surface area contributed by atoms with Gasteiger partial charge in [0.15, 0.2) is 0 Å². The minimum Gasteiger partial charge on any atom is -0.381 e. The van der Waals surface area contributed by atoms with Crippen molar-refractivity contribution < 1.29 is 4.74 Å². The van der Waals surface area contributed by atoms with Crippen molar-refractivity contribution in [3.8, 4) is 0 Å². The molecule has 0 amide bonds. The minimum absolute atomic E-state index is 0.150. The fourth-order valence-electron chi connectivity index (χ4n) is 2.42. The number of thiazole rings is 1. The SMILES string of the molecule is CC(C)c1nc(CC2CCOC2)sc1CNC(C)(C)C. The highest BCUT2D eigenvalue weighted by Gasteiger charge is 2.21. The summed E-state index contributed by atoms with van der Waals surface area (Å²) in [5.41, 5.74) is 1.43. The van der Waals surface area contributed by atoms with Crippen LogP contribution < -0.4 is 5.32 Å². The van der Waals surface area contributed by atoms with Crippen LogP contribution in [0.1, 0.15) is 62.5 Å². The van der Waals surface area contributed by atoms with Crippen molar-refractivity contribution in [3.63, 3.8) is 0 Å². The zero-order chi connectivity index (χ0) is 14.8. The highest BCUT2D eigenvalue weighted by atomic mass is 32.1. The Labute approximate surface area is 127 Å². The number of hydrogen-bond donors (Lipinski definition) is 1. The Morgan fingerprint density at radius 1 is 1.40 bits per heavy atom. The Kier molecular flexibility index (Phi) is 5.21. The standard InChI is InChI=1S/C16H28N2OS/c1-11(2)15-13(9-17-16(3,4)5)20-14(18-15)8-12-6-7-19-10-12/h11-12,17H,6-10H2,1-5H3. The molecule has 0 spiro atoms. The van der Waals surface area contributed by atoms with E-state index in [1.807, 2.05) is 11.3 Å². The van der Waals surface area contributed by atoms with E-state index in [1.54, 1.807) is 0 Å². The van der Waals surface area contributed by atoms with E-state index in [-0.39, 0.29) is 5.54 Å². The van der Waals surface area contributed by atoms with Crippen LogP contribution in [-0.2, 0) is 17.7 Å². The maximum Gasteiger partial charge on any atom is 0.0935 e. The number of ether oxygens (including phenoxy) is 1. The topological polar surface area (TPSA) is 34.1 Å². The number of hydrogen-bond acceptors (Lipinski definition) is 4. The molecule has 1 aliphatic heterocycles. The van der Waals surface area contributed by atoms with Crippen molar-refractivity contribution >= 4 is 11.3 Å². The Hall–Kier alpha value is -0.450. The number of rotatable bonds is 5. The van der Waals surface area contributed by atoms with Crippen LogP contribution in [0.4, 0.5) is 0 Å². The van der Waals surface area contributed by atoms with Crippen molar-refractivity contribution in [1.82, 2.24) is 10.3 Å². The molecule has 0 saturated carbocycles. The Morgan fingerprint density at radius 2 is 2.15 bits per heavy atom. The van der Waals surface area contributed by atoms with Gasteiger partial charge in [0.25, 0.3) is 0 Å². The quantitative estimate of drug-likeness (QED) is 0.899. The first kappa shape index (κ1) is 15.9. The van der Waals surface area contributed by atoms with E-state index in [4.69, 9.17) is 9.72 Å². The molecule has 4 heteroatoms. The van der Waals surface area contributed by atoms with Gasteiger partial charge in [-0.2, -0.15) is 0 Å². The lowest BCUT2D eigenvalue weighted by molar-refractivity contribution is 0.186. The van der Waals surface area contributed by atoms with Crippen LogP contribution in [0.3, 0.4) is 0 Å². The molecule has 1 atom stereocenters. The lowest BCUT2D eigenvalue weighted by Crippen LogP contribution is -2.35. The minimum atomic E-state index is 0.150. The number of nitrogens with one attached hydrogen (secondary N) is 1. The summed E-state index contributed by atoms with van der Waals surface area (Å²) in [5, 5.41) is 4.87. The predicted molar refractivity (Wildman–Crippen MR) is 85.4 cm³/mol. The van der Waals surface area contributed by atoms with Crippen molar-refractivity contribution in [1.29, 1.82) is 0 Å². The molecule has 0 radical (unpaired) electrons. The van der Waals surface area contributed by atoms with E-state index < -0.39 is 0 Å². The van der Waals surface area contributed by atoms with Crippen LogP contribution in [-0.4, -0.2) is 23.7 Å². The summed E-state index contributed by atoms with van der Waals surface area (Å²) < 4.78 is 5.47. The molecule has 20 heavy (non-hydrogen) atoms. The molecule has 0 aromatic carbocycles. The summed E-state index contributed by atoms with van der Waals surface area (Å²) in [6.45, 7) is 13.9. The van der Waals surface area contributed by atoms with Gasteiger partial charge in [0, 0.05) is 36.6 Å². The van der Waals surface area contributed by atoms with E-state index in [9.17, 15) is 0 Å². The van der Waals surface area contributed by atoms with Crippen LogP contribution in [0.15, 0.2) is 0 Å². The van der Waals surface area contributed by atoms with Crippen LogP contribution in [0.2, 0.25) is 0 Å². The molecule has 1 unspecified atom stereocenters. The second kappa shape index (κ2) is 6.54. The van der Waals surface area contributed by atoms with Gasteiger partial charge in [-0.05, 0) is 39.0 Å². The Bertz CT molecular complexity index is 428. The first-order valence-electron chi connectivity index (χ1n) is 7.66. The molecule has 114 valence electrons. The molecule has 1 aromatic heterocycles. The molecule has 1 fully saturated rings. The summed E-state index contributed by atoms with van der Waals surface area (Å²) in [7, 11) is 0. The van der Waals surface area contributed by atoms with E-state index in [0.29, 0.717) is 11.8 Å². The third-order valence-corrected chi connectivity index (χ3v) is 4.68. The van der Waals surface area contributed by atoms with Crippen molar-refractivity contribution in [2.75, 3.05) is 13.2 Å². The maximum atomic E-state index is 5.47. The predicted octanol–water partition coefficient (Wildman–Crippen LogP) is 3.73. The third kappa shape index (κ3) is 4.54. The highest BCUT2D eigenvalue weighted by molar-refractivity contribution is 7.11. The molecule has 0 aliphatic carbocycles. The van der Waals surface area contributed by atoms with Crippen molar-refractivity contribution in [3.05, 3.63) is 15.6 Å². The Morgan fingerprint density at radius 3 is 2.70 bits per heavy atom. The smallest absolute Gasteiger partial charge is 0.0935 e. The van der Waals surface area contributed by atoms with E-state index in [1.165, 1.54) is 22.0 Å². The van der Waals surface area contributed by atoms with Crippen LogP contribution in [0.5, 0.6) is 0 Å². The lowest BCUT2D eigenvalue weighted by atomic mass is 10.1. The number of aromatic nitrogens is 1. The van der Waals surface area contributed by atoms with Crippen molar-refractivity contribution in [2.45, 2.75) is 65.5 Å². The van der Waals surface area contributed by atoms with Crippen LogP contribution in [0.25, 0.3) is 0 Å². The summed E-state index contributed by atoms with van der Waals surface area (Å²) in [6.07, 6.45) is 2.27. The normalized spacial score (nSPS) is 20.0.